The Hall–Kier alpha value is -2.36. The molecule has 7 nitrogen and oxygen atoms in total. The summed E-state index contributed by atoms with van der Waals surface area (Å²) in [5.74, 6) is 1.91. The van der Waals surface area contributed by atoms with Crippen LogP contribution in [0.25, 0.3) is 20.4 Å². The zero-order valence-corrected chi connectivity index (χ0v) is 21.6. The Bertz CT molecular complexity index is 1460. The van der Waals surface area contributed by atoms with Crippen molar-refractivity contribution in [1.82, 2.24) is 24.8 Å². The van der Waals surface area contributed by atoms with Gasteiger partial charge in [0.1, 0.15) is 27.6 Å². The maximum Gasteiger partial charge on any atom is 0.259 e. The summed E-state index contributed by atoms with van der Waals surface area (Å²) >= 11 is 3.61. The summed E-state index contributed by atoms with van der Waals surface area (Å²) in [5, 5.41) is 2.15. The van der Waals surface area contributed by atoms with E-state index in [1.165, 1.54) is 64.8 Å². The van der Waals surface area contributed by atoms with Gasteiger partial charge in [-0.1, -0.05) is 6.42 Å². The smallest absolute Gasteiger partial charge is 0.259 e. The Kier molecular flexibility index (Phi) is 5.59. The molecule has 0 bridgehead atoms. The second-order valence-electron chi connectivity index (χ2n) is 10.1. The van der Waals surface area contributed by atoms with Crippen LogP contribution in [0.2, 0.25) is 0 Å². The monoisotopic (exact) mass is 506 g/mol. The third-order valence-electron chi connectivity index (χ3n) is 7.90. The summed E-state index contributed by atoms with van der Waals surface area (Å²) in [6.07, 6.45) is 12.5. The van der Waals surface area contributed by atoms with E-state index in [4.69, 9.17) is 9.97 Å². The Morgan fingerprint density at radius 2 is 1.49 bits per heavy atom. The van der Waals surface area contributed by atoms with Gasteiger partial charge < -0.3 is 9.88 Å². The summed E-state index contributed by atoms with van der Waals surface area (Å²) < 4.78 is 0. The fraction of sp³-hybridized carbons (Fsp3) is 0.538. The highest BCUT2D eigenvalue weighted by Crippen LogP contribution is 2.39. The number of hydrogen-bond donors (Lipinski definition) is 1. The van der Waals surface area contributed by atoms with Gasteiger partial charge in [0.05, 0.1) is 17.3 Å². The molecule has 0 radical (unpaired) electrons. The molecule has 7 rings (SSSR count). The van der Waals surface area contributed by atoms with Crippen molar-refractivity contribution in [3.8, 4) is 0 Å². The average molecular weight is 507 g/mol. The third kappa shape index (κ3) is 3.88. The zero-order valence-electron chi connectivity index (χ0n) is 19.9. The first kappa shape index (κ1) is 21.9. The van der Waals surface area contributed by atoms with Crippen molar-refractivity contribution in [2.45, 2.75) is 64.3 Å². The van der Waals surface area contributed by atoms with Crippen LogP contribution in [0.3, 0.4) is 0 Å². The van der Waals surface area contributed by atoms with Crippen LogP contribution < -0.4 is 10.5 Å². The van der Waals surface area contributed by atoms with Gasteiger partial charge in [-0.25, -0.2) is 15.0 Å². The molecular weight excluding hydrogens is 476 g/mol. The topological polar surface area (TPSA) is 78.0 Å². The molecule has 5 heterocycles. The van der Waals surface area contributed by atoms with Crippen LogP contribution in [-0.4, -0.2) is 51.0 Å². The highest BCUT2D eigenvalue weighted by Gasteiger charge is 2.25. The minimum atomic E-state index is 0.0459. The first-order chi connectivity index (χ1) is 17.2. The minimum Gasteiger partial charge on any atom is -0.353 e. The van der Waals surface area contributed by atoms with Crippen LogP contribution in [0.15, 0.2) is 11.1 Å². The second kappa shape index (κ2) is 8.94. The number of thiophene rings is 2. The molecule has 1 fully saturated rings. The van der Waals surface area contributed by atoms with Gasteiger partial charge in [0.15, 0.2) is 0 Å². The molecule has 1 aliphatic heterocycles. The van der Waals surface area contributed by atoms with Crippen molar-refractivity contribution in [3.05, 3.63) is 43.4 Å². The number of aromatic amines is 1. The molecule has 1 saturated heterocycles. The maximum atomic E-state index is 12.9. The van der Waals surface area contributed by atoms with Gasteiger partial charge in [0, 0.05) is 35.9 Å². The number of H-pyrrole nitrogens is 1. The number of rotatable bonds is 3. The SMILES string of the molecule is O=c1[nH]c(CN2CCN(c3ncnc4sc5c(c34)CCCCC5)CC2)nc2sc3c(c12)CCCC3. The number of fused-ring (bicyclic) bond motifs is 6. The van der Waals surface area contributed by atoms with E-state index in [0.717, 1.165) is 72.1 Å². The lowest BCUT2D eigenvalue weighted by molar-refractivity contribution is 0.244. The fourth-order valence-corrected chi connectivity index (χ4v) is 8.61. The van der Waals surface area contributed by atoms with Crippen LogP contribution >= 0.6 is 22.7 Å². The van der Waals surface area contributed by atoms with E-state index in [2.05, 4.69) is 19.8 Å². The highest BCUT2D eigenvalue weighted by atomic mass is 32.1. The largest absolute Gasteiger partial charge is 0.353 e. The Balaban J connectivity index is 1.10. The lowest BCUT2D eigenvalue weighted by Crippen LogP contribution is -2.46. The number of nitrogens with zero attached hydrogens (tertiary/aromatic N) is 5. The molecule has 0 atom stereocenters. The Labute approximate surface area is 212 Å². The Morgan fingerprint density at radius 1 is 0.800 bits per heavy atom. The van der Waals surface area contributed by atoms with Crippen LogP contribution in [0, 0.1) is 0 Å². The maximum absolute atomic E-state index is 12.9. The van der Waals surface area contributed by atoms with E-state index in [-0.39, 0.29) is 5.56 Å². The Morgan fingerprint density at radius 3 is 2.31 bits per heavy atom. The van der Waals surface area contributed by atoms with Gasteiger partial charge in [0.2, 0.25) is 0 Å². The molecule has 1 N–H and O–H groups in total. The van der Waals surface area contributed by atoms with E-state index in [0.29, 0.717) is 6.54 Å². The molecule has 2 aliphatic carbocycles. The van der Waals surface area contributed by atoms with Crippen molar-refractivity contribution in [1.29, 1.82) is 0 Å². The molecular formula is C26H30N6OS2. The van der Waals surface area contributed by atoms with Gasteiger partial charge in [-0.2, -0.15) is 0 Å². The van der Waals surface area contributed by atoms with Gasteiger partial charge in [-0.15, -0.1) is 22.7 Å². The van der Waals surface area contributed by atoms with Gasteiger partial charge >= 0.3 is 0 Å². The lowest BCUT2D eigenvalue weighted by Gasteiger charge is -2.35. The van der Waals surface area contributed by atoms with Gasteiger partial charge in [0.25, 0.3) is 5.56 Å². The molecule has 0 unspecified atom stereocenters. The van der Waals surface area contributed by atoms with Crippen molar-refractivity contribution < 1.29 is 0 Å². The lowest BCUT2D eigenvalue weighted by atomic mass is 9.97. The number of aromatic nitrogens is 4. The van der Waals surface area contributed by atoms with Crippen LogP contribution in [-0.2, 0) is 32.2 Å². The highest BCUT2D eigenvalue weighted by molar-refractivity contribution is 7.19. The third-order valence-corrected chi connectivity index (χ3v) is 10.3. The number of anilines is 1. The average Bonchev–Trinajstić information content (AvgIpc) is 3.34. The van der Waals surface area contributed by atoms with E-state index in [1.807, 2.05) is 11.3 Å². The van der Waals surface area contributed by atoms with Crippen molar-refractivity contribution >= 4 is 48.9 Å². The molecule has 35 heavy (non-hydrogen) atoms. The number of piperazine rings is 1. The fourth-order valence-electron chi connectivity index (χ4n) is 6.10. The summed E-state index contributed by atoms with van der Waals surface area (Å²) in [6.45, 7) is 4.41. The minimum absolute atomic E-state index is 0.0459. The molecule has 0 aromatic carbocycles. The van der Waals surface area contributed by atoms with Crippen LogP contribution in [0.5, 0.6) is 0 Å². The molecule has 4 aromatic heterocycles. The van der Waals surface area contributed by atoms with E-state index in [1.54, 1.807) is 17.7 Å². The standard InChI is InChI=1S/C26H30N6OS2/c33-24-22-17-7-4-5-9-19(17)35-26(22)30-20(29-24)14-31-10-12-32(13-11-31)23-21-16-6-2-1-3-8-18(16)34-25(21)28-15-27-23/h15H,1-14H2,(H,29,30,33). The predicted octanol–water partition coefficient (Wildman–Crippen LogP) is 4.46. The van der Waals surface area contributed by atoms with E-state index >= 15 is 0 Å². The summed E-state index contributed by atoms with van der Waals surface area (Å²) in [6, 6.07) is 0. The molecule has 0 spiro atoms. The number of hydrogen-bond acceptors (Lipinski definition) is 8. The quantitative estimate of drug-likeness (QED) is 0.414. The molecule has 4 aromatic rings. The second-order valence-corrected chi connectivity index (χ2v) is 12.3. The van der Waals surface area contributed by atoms with Crippen molar-refractivity contribution in [2.24, 2.45) is 0 Å². The van der Waals surface area contributed by atoms with Crippen molar-refractivity contribution in [2.75, 3.05) is 31.1 Å². The molecule has 0 amide bonds. The summed E-state index contributed by atoms with van der Waals surface area (Å²) in [4.78, 5) is 40.1. The molecule has 9 heteroatoms. The molecule has 0 saturated carbocycles. The first-order valence-electron chi connectivity index (χ1n) is 13.0. The van der Waals surface area contributed by atoms with Gasteiger partial charge in [-0.3, -0.25) is 9.69 Å². The zero-order chi connectivity index (χ0) is 23.4. The van der Waals surface area contributed by atoms with E-state index < -0.39 is 0 Å². The number of aryl methyl sites for hydroxylation is 4. The van der Waals surface area contributed by atoms with Crippen molar-refractivity contribution in [3.63, 3.8) is 0 Å². The predicted molar refractivity (Wildman–Crippen MR) is 143 cm³/mol. The van der Waals surface area contributed by atoms with E-state index in [9.17, 15) is 4.79 Å². The number of nitrogens with one attached hydrogen (secondary N) is 1. The van der Waals surface area contributed by atoms with Gasteiger partial charge in [-0.05, 0) is 62.5 Å². The van der Waals surface area contributed by atoms with Crippen LogP contribution in [0.1, 0.15) is 58.8 Å². The molecule has 3 aliphatic rings. The first-order valence-corrected chi connectivity index (χ1v) is 14.6. The molecule has 182 valence electrons. The summed E-state index contributed by atoms with van der Waals surface area (Å²) in [7, 11) is 0. The van der Waals surface area contributed by atoms with Crippen LogP contribution in [0.4, 0.5) is 5.82 Å². The summed E-state index contributed by atoms with van der Waals surface area (Å²) in [5.41, 5.74) is 2.81. The normalized spacial score (nSPS) is 19.1.